The molecular weight excluding hydrogens is 298 g/mol. The van der Waals surface area contributed by atoms with E-state index in [4.69, 9.17) is 0 Å². The smallest absolute Gasteiger partial charge is 0.264 e. The highest BCUT2D eigenvalue weighted by molar-refractivity contribution is 7.92. The summed E-state index contributed by atoms with van der Waals surface area (Å²) in [7, 11) is -4.14. The predicted molar refractivity (Wildman–Crippen MR) is 75.5 cm³/mol. The molecule has 3 aromatic rings. The molecule has 0 atom stereocenters. The summed E-state index contributed by atoms with van der Waals surface area (Å²) in [6, 6.07) is 9.04. The number of sulfonamides is 1. The van der Waals surface area contributed by atoms with Gasteiger partial charge >= 0.3 is 0 Å². The zero-order valence-corrected chi connectivity index (χ0v) is 11.4. The quantitative estimate of drug-likeness (QED) is 0.780. The molecule has 7 heteroatoms. The molecule has 4 nitrogen and oxygen atoms in total. The SMILES string of the molecule is O=S(=O)(Nc1cccc2[nH]ccc12)c1ccc(F)cc1F. The van der Waals surface area contributed by atoms with Crippen molar-refractivity contribution in [3.05, 3.63) is 60.3 Å². The maximum absolute atomic E-state index is 13.6. The van der Waals surface area contributed by atoms with Gasteiger partial charge in [-0.05, 0) is 30.3 Å². The maximum atomic E-state index is 13.6. The first-order chi connectivity index (χ1) is 9.97. The van der Waals surface area contributed by atoms with E-state index in [1.807, 2.05) is 0 Å². The Morgan fingerprint density at radius 3 is 2.62 bits per heavy atom. The van der Waals surface area contributed by atoms with Crippen LogP contribution in [0.2, 0.25) is 0 Å². The highest BCUT2D eigenvalue weighted by Gasteiger charge is 2.20. The molecule has 3 rings (SSSR count). The minimum atomic E-state index is -4.14. The Hall–Kier alpha value is -2.41. The molecule has 21 heavy (non-hydrogen) atoms. The Morgan fingerprint density at radius 2 is 1.86 bits per heavy atom. The summed E-state index contributed by atoms with van der Waals surface area (Å²) < 4.78 is 53.3. The number of benzene rings is 2. The molecule has 0 bridgehead atoms. The van der Waals surface area contributed by atoms with Crippen LogP contribution in [0.4, 0.5) is 14.5 Å². The fraction of sp³-hybridized carbons (Fsp3) is 0. The van der Waals surface area contributed by atoms with Crippen molar-refractivity contribution in [1.82, 2.24) is 4.98 Å². The Morgan fingerprint density at radius 1 is 1.05 bits per heavy atom. The van der Waals surface area contributed by atoms with E-state index in [1.165, 1.54) is 0 Å². The first-order valence-electron chi connectivity index (χ1n) is 6.01. The highest BCUT2D eigenvalue weighted by atomic mass is 32.2. The minimum absolute atomic E-state index is 0.317. The van der Waals surface area contributed by atoms with Gasteiger partial charge in [0.25, 0.3) is 10.0 Å². The van der Waals surface area contributed by atoms with E-state index in [0.29, 0.717) is 17.1 Å². The third kappa shape index (κ3) is 2.47. The van der Waals surface area contributed by atoms with Crippen LogP contribution in [-0.2, 0) is 10.0 Å². The van der Waals surface area contributed by atoms with Crippen molar-refractivity contribution in [2.24, 2.45) is 0 Å². The second-order valence-corrected chi connectivity index (χ2v) is 6.08. The van der Waals surface area contributed by atoms with Crippen molar-refractivity contribution in [2.75, 3.05) is 4.72 Å². The summed E-state index contributed by atoms with van der Waals surface area (Å²) in [6.45, 7) is 0. The molecule has 0 spiro atoms. The molecule has 0 saturated heterocycles. The number of halogens is 2. The number of rotatable bonds is 3. The molecule has 0 fully saturated rings. The van der Waals surface area contributed by atoms with Crippen molar-refractivity contribution in [3.63, 3.8) is 0 Å². The van der Waals surface area contributed by atoms with E-state index in [9.17, 15) is 17.2 Å². The number of hydrogen-bond donors (Lipinski definition) is 2. The van der Waals surface area contributed by atoms with E-state index < -0.39 is 26.6 Å². The van der Waals surface area contributed by atoms with Crippen molar-refractivity contribution in [1.29, 1.82) is 0 Å². The predicted octanol–water partition coefficient (Wildman–Crippen LogP) is 3.25. The summed E-state index contributed by atoms with van der Waals surface area (Å²) in [5.41, 5.74) is 1.06. The number of H-pyrrole nitrogens is 1. The number of nitrogens with one attached hydrogen (secondary N) is 2. The van der Waals surface area contributed by atoms with Gasteiger partial charge in [0.15, 0.2) is 0 Å². The summed E-state index contributed by atoms with van der Waals surface area (Å²) in [6.07, 6.45) is 1.67. The Kier molecular flexibility index (Phi) is 3.13. The van der Waals surface area contributed by atoms with Gasteiger partial charge in [0, 0.05) is 23.2 Å². The summed E-state index contributed by atoms with van der Waals surface area (Å²) in [5, 5.41) is 0.656. The lowest BCUT2D eigenvalue weighted by Gasteiger charge is -2.10. The van der Waals surface area contributed by atoms with E-state index in [1.54, 1.807) is 30.5 Å². The fourth-order valence-corrected chi connectivity index (χ4v) is 3.21. The van der Waals surface area contributed by atoms with Crippen LogP contribution in [0.1, 0.15) is 0 Å². The van der Waals surface area contributed by atoms with E-state index >= 15 is 0 Å². The first-order valence-corrected chi connectivity index (χ1v) is 7.50. The van der Waals surface area contributed by atoms with Crippen LogP contribution in [0, 0.1) is 11.6 Å². The van der Waals surface area contributed by atoms with Gasteiger partial charge in [-0.3, -0.25) is 4.72 Å². The molecule has 2 aromatic carbocycles. The van der Waals surface area contributed by atoms with Gasteiger partial charge in [0.05, 0.1) is 5.69 Å². The monoisotopic (exact) mass is 308 g/mol. The molecule has 1 aromatic heterocycles. The molecule has 0 unspecified atom stereocenters. The average molecular weight is 308 g/mol. The third-order valence-electron chi connectivity index (χ3n) is 3.02. The molecule has 0 aliphatic heterocycles. The maximum Gasteiger partial charge on any atom is 0.264 e. The zero-order chi connectivity index (χ0) is 15.0. The topological polar surface area (TPSA) is 62.0 Å². The second-order valence-electron chi connectivity index (χ2n) is 4.42. The van der Waals surface area contributed by atoms with Crippen molar-refractivity contribution in [2.45, 2.75) is 4.90 Å². The summed E-state index contributed by atoms with van der Waals surface area (Å²) >= 11 is 0. The average Bonchev–Trinajstić information content (AvgIpc) is 2.87. The Labute approximate surface area is 119 Å². The number of anilines is 1. The molecule has 108 valence electrons. The number of aromatic nitrogens is 1. The summed E-state index contributed by atoms with van der Waals surface area (Å²) in [5.74, 6) is -1.97. The normalized spacial score (nSPS) is 11.7. The fourth-order valence-electron chi connectivity index (χ4n) is 2.07. The van der Waals surface area contributed by atoms with Crippen LogP contribution in [0.15, 0.2) is 53.6 Å². The van der Waals surface area contributed by atoms with Crippen molar-refractivity contribution >= 4 is 26.6 Å². The van der Waals surface area contributed by atoms with Gasteiger partial charge in [-0.15, -0.1) is 0 Å². The Balaban J connectivity index is 2.05. The van der Waals surface area contributed by atoms with Crippen molar-refractivity contribution < 1.29 is 17.2 Å². The lowest BCUT2D eigenvalue weighted by molar-refractivity contribution is 0.551. The van der Waals surface area contributed by atoms with Gasteiger partial charge in [-0.1, -0.05) is 6.07 Å². The number of hydrogen-bond acceptors (Lipinski definition) is 2. The van der Waals surface area contributed by atoms with Crippen LogP contribution in [0.25, 0.3) is 10.9 Å². The lowest BCUT2D eigenvalue weighted by Crippen LogP contribution is -2.14. The van der Waals surface area contributed by atoms with Gasteiger partial charge in [-0.2, -0.15) is 0 Å². The van der Waals surface area contributed by atoms with E-state index in [2.05, 4.69) is 9.71 Å². The number of aromatic amines is 1. The Bertz CT molecular complexity index is 920. The van der Waals surface area contributed by atoms with Crippen LogP contribution < -0.4 is 4.72 Å². The van der Waals surface area contributed by atoms with Gasteiger partial charge in [0.2, 0.25) is 0 Å². The van der Waals surface area contributed by atoms with Gasteiger partial charge < -0.3 is 4.98 Å². The van der Waals surface area contributed by atoms with E-state index in [0.717, 1.165) is 17.6 Å². The lowest BCUT2D eigenvalue weighted by atomic mass is 10.2. The summed E-state index contributed by atoms with van der Waals surface area (Å²) in [4.78, 5) is 2.35. The first kappa shape index (κ1) is 13.6. The molecule has 1 heterocycles. The van der Waals surface area contributed by atoms with Gasteiger partial charge in [0.1, 0.15) is 16.5 Å². The van der Waals surface area contributed by atoms with Crippen LogP contribution in [0.5, 0.6) is 0 Å². The molecule has 0 aliphatic rings. The molecule has 0 aliphatic carbocycles. The van der Waals surface area contributed by atoms with E-state index in [-0.39, 0.29) is 0 Å². The van der Waals surface area contributed by atoms with Crippen LogP contribution >= 0.6 is 0 Å². The molecule has 2 N–H and O–H groups in total. The largest absolute Gasteiger partial charge is 0.361 e. The van der Waals surface area contributed by atoms with Crippen LogP contribution in [0.3, 0.4) is 0 Å². The zero-order valence-electron chi connectivity index (χ0n) is 10.6. The molecule has 0 amide bonds. The van der Waals surface area contributed by atoms with Gasteiger partial charge in [-0.25, -0.2) is 17.2 Å². The standard InChI is InChI=1S/C14H10F2N2O2S/c15-9-4-5-14(11(16)8-9)21(19,20)18-13-3-1-2-12-10(13)6-7-17-12/h1-8,17-18H. The van der Waals surface area contributed by atoms with Crippen molar-refractivity contribution in [3.8, 4) is 0 Å². The highest BCUT2D eigenvalue weighted by Crippen LogP contribution is 2.26. The second kappa shape index (κ2) is 4.85. The molecule has 0 saturated carbocycles. The number of fused-ring (bicyclic) bond motifs is 1. The molecule has 0 radical (unpaired) electrons. The minimum Gasteiger partial charge on any atom is -0.361 e. The third-order valence-corrected chi connectivity index (χ3v) is 4.42. The molecular formula is C14H10F2N2O2S. The van der Waals surface area contributed by atoms with Crippen LogP contribution in [-0.4, -0.2) is 13.4 Å².